The van der Waals surface area contributed by atoms with Crippen molar-refractivity contribution in [2.75, 3.05) is 6.54 Å². The van der Waals surface area contributed by atoms with Crippen LogP contribution in [-0.4, -0.2) is 28.8 Å². The van der Waals surface area contributed by atoms with Crippen molar-refractivity contribution in [1.82, 2.24) is 15.6 Å². The number of nitrogens with zero attached hydrogens (tertiary/aromatic N) is 1. The van der Waals surface area contributed by atoms with E-state index in [2.05, 4.69) is 15.6 Å². The van der Waals surface area contributed by atoms with Crippen LogP contribution in [0.25, 0.3) is 0 Å². The van der Waals surface area contributed by atoms with Gasteiger partial charge in [0.25, 0.3) is 0 Å². The van der Waals surface area contributed by atoms with E-state index in [4.69, 9.17) is 4.74 Å². The summed E-state index contributed by atoms with van der Waals surface area (Å²) in [5.41, 5.74) is 1.67. The molecule has 0 radical (unpaired) electrons. The molecule has 140 valence electrons. The molecule has 1 aromatic heterocycles. The van der Waals surface area contributed by atoms with Gasteiger partial charge in [-0.3, -0.25) is 0 Å². The van der Waals surface area contributed by atoms with Gasteiger partial charge in [0.2, 0.25) is 5.88 Å². The molecule has 2 aromatic rings. The van der Waals surface area contributed by atoms with Crippen LogP contribution in [0.4, 0.5) is 4.79 Å². The lowest BCUT2D eigenvalue weighted by Gasteiger charge is -2.25. The van der Waals surface area contributed by atoms with Crippen molar-refractivity contribution in [2.24, 2.45) is 5.41 Å². The number of rotatable bonds is 7. The molecule has 0 saturated carbocycles. The number of carbonyl (C=O) groups excluding carboxylic acids is 1. The van der Waals surface area contributed by atoms with E-state index in [0.717, 1.165) is 11.1 Å². The predicted molar refractivity (Wildman–Crippen MR) is 101 cm³/mol. The maximum atomic E-state index is 11.9. The molecule has 1 aromatic carbocycles. The van der Waals surface area contributed by atoms with E-state index in [1.807, 2.05) is 57.2 Å². The maximum Gasteiger partial charge on any atom is 0.315 e. The Hall–Kier alpha value is -2.60. The fourth-order valence-electron chi connectivity index (χ4n) is 2.11. The molecule has 6 nitrogen and oxygen atoms in total. The van der Waals surface area contributed by atoms with E-state index in [1.54, 1.807) is 12.3 Å². The molecule has 0 bridgehead atoms. The van der Waals surface area contributed by atoms with Crippen molar-refractivity contribution in [3.8, 4) is 5.88 Å². The topological polar surface area (TPSA) is 83.5 Å². The summed E-state index contributed by atoms with van der Waals surface area (Å²) in [6, 6.07) is 13.1. The molecule has 0 saturated heterocycles. The second-order valence-corrected chi connectivity index (χ2v) is 7.22. The summed E-state index contributed by atoms with van der Waals surface area (Å²) < 4.78 is 5.68. The van der Waals surface area contributed by atoms with Crippen molar-refractivity contribution >= 4 is 6.03 Å². The number of aliphatic hydroxyl groups excluding tert-OH is 1. The third-order valence-electron chi connectivity index (χ3n) is 3.94. The Morgan fingerprint density at radius 2 is 1.88 bits per heavy atom. The van der Waals surface area contributed by atoms with Crippen molar-refractivity contribution < 1.29 is 14.6 Å². The highest BCUT2D eigenvalue weighted by Gasteiger charge is 2.22. The van der Waals surface area contributed by atoms with Gasteiger partial charge in [0.1, 0.15) is 6.61 Å². The molecule has 0 aliphatic rings. The molecule has 2 amide bonds. The summed E-state index contributed by atoms with van der Waals surface area (Å²) in [4.78, 5) is 16.0. The molecule has 1 atom stereocenters. The number of nitrogens with one attached hydrogen (secondary N) is 2. The van der Waals surface area contributed by atoms with E-state index in [0.29, 0.717) is 19.0 Å². The first-order valence-electron chi connectivity index (χ1n) is 8.66. The van der Waals surface area contributed by atoms with Crippen LogP contribution >= 0.6 is 0 Å². The van der Waals surface area contributed by atoms with Gasteiger partial charge in [-0.25, -0.2) is 9.78 Å². The third kappa shape index (κ3) is 6.72. The van der Waals surface area contributed by atoms with Crippen LogP contribution in [0.15, 0.2) is 48.7 Å². The van der Waals surface area contributed by atoms with Gasteiger partial charge in [-0.2, -0.15) is 0 Å². The lowest BCUT2D eigenvalue weighted by Crippen LogP contribution is -2.43. The Labute approximate surface area is 154 Å². The highest BCUT2D eigenvalue weighted by molar-refractivity contribution is 5.73. The van der Waals surface area contributed by atoms with E-state index < -0.39 is 6.10 Å². The number of hydrogen-bond donors (Lipinski definition) is 3. The number of urea groups is 1. The number of hydrogen-bond acceptors (Lipinski definition) is 4. The number of aliphatic hydroxyl groups is 1. The highest BCUT2D eigenvalue weighted by Crippen LogP contribution is 2.18. The van der Waals surface area contributed by atoms with Gasteiger partial charge >= 0.3 is 6.03 Å². The number of ether oxygens (including phenoxy) is 1. The average molecular weight is 357 g/mol. The first kappa shape index (κ1) is 19.7. The first-order chi connectivity index (χ1) is 12.3. The first-order valence-corrected chi connectivity index (χ1v) is 8.66. The van der Waals surface area contributed by atoms with Gasteiger partial charge in [-0.15, -0.1) is 0 Å². The zero-order valence-electron chi connectivity index (χ0n) is 15.5. The van der Waals surface area contributed by atoms with Crippen LogP contribution in [0.1, 0.15) is 31.9 Å². The smallest absolute Gasteiger partial charge is 0.315 e. The number of aromatic nitrogens is 1. The lowest BCUT2D eigenvalue weighted by atomic mass is 9.89. The normalized spacial score (nSPS) is 12.3. The van der Waals surface area contributed by atoms with Crippen LogP contribution < -0.4 is 15.4 Å². The predicted octanol–water partition coefficient (Wildman–Crippen LogP) is 2.87. The van der Waals surface area contributed by atoms with E-state index in [-0.39, 0.29) is 18.0 Å². The Bertz CT molecular complexity index is 699. The molecular formula is C20H27N3O3. The second kappa shape index (κ2) is 9.20. The summed E-state index contributed by atoms with van der Waals surface area (Å²) in [5, 5.41) is 15.4. The van der Waals surface area contributed by atoms with E-state index in [1.165, 1.54) is 0 Å². The van der Waals surface area contributed by atoms with E-state index in [9.17, 15) is 9.90 Å². The van der Waals surface area contributed by atoms with Gasteiger partial charge in [0.05, 0.1) is 6.10 Å². The van der Waals surface area contributed by atoms with Gasteiger partial charge in [-0.05, 0) is 22.6 Å². The zero-order chi connectivity index (χ0) is 19.0. The van der Waals surface area contributed by atoms with Crippen molar-refractivity contribution in [3.63, 3.8) is 0 Å². The molecule has 0 fully saturated rings. The van der Waals surface area contributed by atoms with Crippen molar-refractivity contribution in [3.05, 3.63) is 59.8 Å². The molecular weight excluding hydrogens is 330 g/mol. The van der Waals surface area contributed by atoms with Crippen LogP contribution in [0.3, 0.4) is 0 Å². The molecule has 3 N–H and O–H groups in total. The molecule has 6 heteroatoms. The van der Waals surface area contributed by atoms with Crippen molar-refractivity contribution in [1.29, 1.82) is 0 Å². The zero-order valence-corrected chi connectivity index (χ0v) is 15.5. The number of pyridine rings is 1. The van der Waals surface area contributed by atoms with Crippen LogP contribution in [0, 0.1) is 5.41 Å². The summed E-state index contributed by atoms with van der Waals surface area (Å²) in [5.74, 6) is 0.511. The summed E-state index contributed by atoms with van der Waals surface area (Å²) in [6.45, 7) is 6.76. The van der Waals surface area contributed by atoms with Crippen LogP contribution in [-0.2, 0) is 13.2 Å². The molecule has 0 spiro atoms. The quantitative estimate of drug-likeness (QED) is 0.711. The number of amides is 2. The summed E-state index contributed by atoms with van der Waals surface area (Å²) in [7, 11) is 0. The fraction of sp³-hybridized carbons (Fsp3) is 0.400. The summed E-state index contributed by atoms with van der Waals surface area (Å²) >= 11 is 0. The molecule has 26 heavy (non-hydrogen) atoms. The van der Waals surface area contributed by atoms with Crippen LogP contribution in [0.2, 0.25) is 0 Å². The molecule has 0 aliphatic heterocycles. The minimum Gasteiger partial charge on any atom is -0.473 e. The molecule has 0 aliphatic carbocycles. The number of benzene rings is 1. The molecule has 0 unspecified atom stereocenters. The Kier molecular flexibility index (Phi) is 6.97. The Morgan fingerprint density at radius 1 is 1.15 bits per heavy atom. The van der Waals surface area contributed by atoms with Crippen LogP contribution in [0.5, 0.6) is 5.88 Å². The Morgan fingerprint density at radius 3 is 2.58 bits per heavy atom. The average Bonchev–Trinajstić information content (AvgIpc) is 2.63. The number of carbonyl (C=O) groups is 1. The molecule has 1 heterocycles. The van der Waals surface area contributed by atoms with E-state index >= 15 is 0 Å². The summed E-state index contributed by atoms with van der Waals surface area (Å²) in [6.07, 6.45) is 1.05. The fourth-order valence-corrected chi connectivity index (χ4v) is 2.11. The van der Waals surface area contributed by atoms with Gasteiger partial charge in [0, 0.05) is 25.4 Å². The highest BCUT2D eigenvalue weighted by atomic mass is 16.5. The Balaban J connectivity index is 1.78. The second-order valence-electron chi connectivity index (χ2n) is 7.22. The lowest BCUT2D eigenvalue weighted by molar-refractivity contribution is 0.0650. The SMILES string of the molecule is CC(C)(C)[C@H](O)CNC(=O)NCc1ccnc(OCc2ccccc2)c1. The molecule has 2 rings (SSSR count). The third-order valence-corrected chi connectivity index (χ3v) is 3.94. The largest absolute Gasteiger partial charge is 0.473 e. The maximum absolute atomic E-state index is 11.9. The van der Waals surface area contributed by atoms with Gasteiger partial charge < -0.3 is 20.5 Å². The minimum atomic E-state index is -0.604. The monoisotopic (exact) mass is 357 g/mol. The standard InChI is InChI=1S/C20H27N3O3/c1-20(2,3)17(24)13-23-19(25)22-12-16-9-10-21-18(11-16)26-14-15-7-5-4-6-8-15/h4-11,17,24H,12-14H2,1-3H3,(H2,22,23,25)/t17-/m1/s1. The minimum absolute atomic E-state index is 0.205. The van der Waals surface area contributed by atoms with Gasteiger partial charge in [0.15, 0.2) is 0 Å². The van der Waals surface area contributed by atoms with Crippen molar-refractivity contribution in [2.45, 2.75) is 40.0 Å². The van der Waals surface area contributed by atoms with Gasteiger partial charge in [-0.1, -0.05) is 51.1 Å².